The Bertz CT molecular complexity index is 1090. The van der Waals surface area contributed by atoms with Gasteiger partial charge in [0.1, 0.15) is 11.8 Å². The van der Waals surface area contributed by atoms with Crippen molar-refractivity contribution in [3.63, 3.8) is 0 Å². The maximum atomic E-state index is 12.8. The van der Waals surface area contributed by atoms with Gasteiger partial charge in [-0.25, -0.2) is 9.67 Å². The molecule has 32 heavy (non-hydrogen) atoms. The lowest BCUT2D eigenvalue weighted by Gasteiger charge is -2.22. The molecule has 2 heterocycles. The van der Waals surface area contributed by atoms with E-state index in [2.05, 4.69) is 20.7 Å². The fraction of sp³-hybridized carbons (Fsp3) is 0.333. The molecule has 3 rings (SSSR count). The first-order valence-electron chi connectivity index (χ1n) is 10.5. The van der Waals surface area contributed by atoms with Gasteiger partial charge in [0, 0.05) is 18.4 Å². The van der Waals surface area contributed by atoms with E-state index in [1.165, 1.54) is 7.11 Å². The smallest absolute Gasteiger partial charge is 0.255 e. The zero-order valence-corrected chi connectivity index (χ0v) is 19.0. The largest absolute Gasteiger partial charge is 0.496 e. The lowest BCUT2D eigenvalue weighted by Crippen LogP contribution is -2.49. The summed E-state index contributed by atoms with van der Waals surface area (Å²) in [4.78, 5) is 30.0. The fourth-order valence-electron chi connectivity index (χ4n) is 3.39. The second-order valence-electron chi connectivity index (χ2n) is 7.98. The highest BCUT2D eigenvalue weighted by Crippen LogP contribution is 2.18. The van der Waals surface area contributed by atoms with Gasteiger partial charge in [0.15, 0.2) is 5.82 Å². The van der Waals surface area contributed by atoms with Crippen LogP contribution in [0.2, 0.25) is 0 Å². The van der Waals surface area contributed by atoms with Crippen LogP contribution in [-0.4, -0.2) is 39.7 Å². The van der Waals surface area contributed by atoms with E-state index in [9.17, 15) is 9.59 Å². The minimum atomic E-state index is -0.686. The number of carbonyl (C=O) groups excluding carboxylic acids is 2. The number of hydrogen-bond acceptors (Lipinski definition) is 5. The molecule has 0 bridgehead atoms. The normalized spacial score (nSPS) is 11.8. The number of nitrogens with zero attached hydrogens (tertiary/aromatic N) is 3. The van der Waals surface area contributed by atoms with Crippen molar-refractivity contribution in [2.45, 2.75) is 40.3 Å². The van der Waals surface area contributed by atoms with E-state index in [1.54, 1.807) is 35.1 Å². The van der Waals surface area contributed by atoms with Gasteiger partial charge in [-0.2, -0.15) is 5.10 Å². The summed E-state index contributed by atoms with van der Waals surface area (Å²) in [7, 11) is 1.51. The maximum Gasteiger partial charge on any atom is 0.255 e. The Morgan fingerprint density at radius 2 is 1.88 bits per heavy atom. The molecule has 2 amide bonds. The summed E-state index contributed by atoms with van der Waals surface area (Å²) >= 11 is 0. The second-order valence-corrected chi connectivity index (χ2v) is 7.98. The van der Waals surface area contributed by atoms with E-state index < -0.39 is 6.04 Å². The minimum Gasteiger partial charge on any atom is -0.496 e. The van der Waals surface area contributed by atoms with Crippen molar-refractivity contribution < 1.29 is 14.3 Å². The zero-order chi connectivity index (χ0) is 23.3. The van der Waals surface area contributed by atoms with Crippen molar-refractivity contribution in [1.29, 1.82) is 0 Å². The summed E-state index contributed by atoms with van der Waals surface area (Å²) in [5, 5.41) is 10.1. The van der Waals surface area contributed by atoms with Gasteiger partial charge in [-0.1, -0.05) is 32.0 Å². The van der Waals surface area contributed by atoms with Crippen molar-refractivity contribution in [1.82, 2.24) is 25.4 Å². The first-order valence-corrected chi connectivity index (χ1v) is 10.5. The molecule has 0 saturated heterocycles. The molecular formula is C24H29N5O3. The van der Waals surface area contributed by atoms with Crippen molar-refractivity contribution in [2.75, 3.05) is 7.11 Å². The van der Waals surface area contributed by atoms with E-state index >= 15 is 0 Å². The number of benzene rings is 1. The average Bonchev–Trinajstić information content (AvgIpc) is 3.13. The Labute approximate surface area is 188 Å². The van der Waals surface area contributed by atoms with E-state index in [-0.39, 0.29) is 17.7 Å². The van der Waals surface area contributed by atoms with Crippen molar-refractivity contribution >= 4 is 11.8 Å². The van der Waals surface area contributed by atoms with Gasteiger partial charge < -0.3 is 15.4 Å². The molecule has 2 N–H and O–H groups in total. The number of aryl methyl sites for hydroxylation is 2. The predicted octanol–water partition coefficient (Wildman–Crippen LogP) is 2.96. The summed E-state index contributed by atoms with van der Waals surface area (Å²) in [6.45, 7) is 7.98. The van der Waals surface area contributed by atoms with Crippen molar-refractivity contribution in [3.8, 4) is 11.6 Å². The van der Waals surface area contributed by atoms with E-state index in [1.807, 2.05) is 45.9 Å². The highest BCUT2D eigenvalue weighted by Gasteiger charge is 2.25. The minimum absolute atomic E-state index is 0.0970. The number of ether oxygens (including phenoxy) is 1. The molecule has 0 fully saturated rings. The molecule has 0 aliphatic heterocycles. The van der Waals surface area contributed by atoms with Crippen LogP contribution in [0.5, 0.6) is 5.75 Å². The lowest BCUT2D eigenvalue weighted by atomic mass is 10.0. The number of carbonyl (C=O) groups is 2. The number of rotatable bonds is 8. The standard InChI is InChI=1S/C24H29N5O3/c1-15(2)22(27-23(30)19-8-6-7-9-20(19)32-5)24(31)26-14-18-10-11-21(25-13-18)29-17(4)12-16(3)28-29/h6-13,15,22H,14H2,1-5H3,(H,26,31)(H,27,30). The molecule has 0 radical (unpaired) electrons. The third-order valence-electron chi connectivity index (χ3n) is 5.09. The highest BCUT2D eigenvalue weighted by atomic mass is 16.5. The number of methoxy groups -OCH3 is 1. The van der Waals surface area contributed by atoms with Crippen LogP contribution >= 0.6 is 0 Å². The molecule has 8 heteroatoms. The van der Waals surface area contributed by atoms with Gasteiger partial charge in [-0.3, -0.25) is 9.59 Å². The molecule has 1 atom stereocenters. The van der Waals surface area contributed by atoms with Crippen LogP contribution in [0.1, 0.15) is 41.2 Å². The van der Waals surface area contributed by atoms with Gasteiger partial charge >= 0.3 is 0 Å². The van der Waals surface area contributed by atoms with Gasteiger partial charge in [0.05, 0.1) is 18.4 Å². The number of para-hydroxylation sites is 1. The first-order chi connectivity index (χ1) is 15.3. The molecule has 3 aromatic rings. The van der Waals surface area contributed by atoms with Gasteiger partial charge in [0.25, 0.3) is 5.91 Å². The summed E-state index contributed by atoms with van der Waals surface area (Å²) in [6.07, 6.45) is 1.71. The SMILES string of the molecule is COc1ccccc1C(=O)NC(C(=O)NCc1ccc(-n2nc(C)cc2C)nc1)C(C)C. The van der Waals surface area contributed by atoms with E-state index in [0.717, 1.165) is 22.8 Å². The maximum absolute atomic E-state index is 12.8. The number of nitrogens with one attached hydrogen (secondary N) is 2. The summed E-state index contributed by atoms with van der Waals surface area (Å²) in [5.74, 6) is 0.467. The number of hydrogen-bond donors (Lipinski definition) is 2. The molecule has 0 aliphatic carbocycles. The third kappa shape index (κ3) is 5.32. The van der Waals surface area contributed by atoms with Crippen LogP contribution < -0.4 is 15.4 Å². The Hall–Kier alpha value is -3.68. The quantitative estimate of drug-likeness (QED) is 0.567. The Morgan fingerprint density at radius 3 is 2.47 bits per heavy atom. The Morgan fingerprint density at radius 1 is 1.12 bits per heavy atom. The fourth-order valence-corrected chi connectivity index (χ4v) is 3.39. The van der Waals surface area contributed by atoms with Crippen LogP contribution in [0.3, 0.4) is 0 Å². The molecule has 2 aromatic heterocycles. The van der Waals surface area contributed by atoms with Crippen LogP contribution in [0, 0.1) is 19.8 Å². The molecule has 8 nitrogen and oxygen atoms in total. The number of aromatic nitrogens is 3. The van der Waals surface area contributed by atoms with Crippen LogP contribution in [-0.2, 0) is 11.3 Å². The summed E-state index contributed by atoms with van der Waals surface area (Å²) in [5.41, 5.74) is 3.16. The average molecular weight is 436 g/mol. The molecule has 1 unspecified atom stereocenters. The predicted molar refractivity (Wildman–Crippen MR) is 122 cm³/mol. The first kappa shape index (κ1) is 23.0. The third-order valence-corrected chi connectivity index (χ3v) is 5.09. The Balaban J connectivity index is 1.64. The molecule has 168 valence electrons. The summed E-state index contributed by atoms with van der Waals surface area (Å²) < 4.78 is 7.03. The molecule has 0 saturated carbocycles. The van der Waals surface area contributed by atoms with Gasteiger partial charge in [-0.05, 0) is 49.6 Å². The van der Waals surface area contributed by atoms with Gasteiger partial charge in [-0.15, -0.1) is 0 Å². The van der Waals surface area contributed by atoms with Crippen LogP contribution in [0.4, 0.5) is 0 Å². The monoisotopic (exact) mass is 435 g/mol. The van der Waals surface area contributed by atoms with Crippen molar-refractivity contribution in [3.05, 3.63) is 71.2 Å². The van der Waals surface area contributed by atoms with Crippen LogP contribution in [0.15, 0.2) is 48.7 Å². The zero-order valence-electron chi connectivity index (χ0n) is 19.0. The molecule has 1 aromatic carbocycles. The van der Waals surface area contributed by atoms with Crippen LogP contribution in [0.25, 0.3) is 5.82 Å². The lowest BCUT2D eigenvalue weighted by molar-refractivity contribution is -0.124. The Kier molecular flexibility index (Phi) is 7.25. The van der Waals surface area contributed by atoms with E-state index in [0.29, 0.717) is 17.9 Å². The number of amides is 2. The van der Waals surface area contributed by atoms with E-state index in [4.69, 9.17) is 4.74 Å². The van der Waals surface area contributed by atoms with Crippen molar-refractivity contribution in [2.24, 2.45) is 5.92 Å². The molecular weight excluding hydrogens is 406 g/mol. The molecule has 0 spiro atoms. The second kappa shape index (κ2) is 10.1. The number of pyridine rings is 1. The highest BCUT2D eigenvalue weighted by molar-refractivity contribution is 5.99. The topological polar surface area (TPSA) is 98.1 Å². The molecule has 0 aliphatic rings. The summed E-state index contributed by atoms with van der Waals surface area (Å²) in [6, 6.07) is 12.0. The van der Waals surface area contributed by atoms with Gasteiger partial charge in [0.2, 0.25) is 5.91 Å².